The Balaban J connectivity index is 1.98. The van der Waals surface area contributed by atoms with Gasteiger partial charge in [-0.25, -0.2) is 9.97 Å². The van der Waals surface area contributed by atoms with E-state index >= 15 is 0 Å². The van der Waals surface area contributed by atoms with E-state index in [2.05, 4.69) is 20.2 Å². The van der Waals surface area contributed by atoms with E-state index in [4.69, 9.17) is 0 Å². The van der Waals surface area contributed by atoms with Gasteiger partial charge >= 0.3 is 0 Å². The van der Waals surface area contributed by atoms with Crippen LogP contribution in [0, 0.1) is 6.92 Å². The molecule has 1 N–H and O–H groups in total. The molecule has 0 spiro atoms. The predicted octanol–water partition coefficient (Wildman–Crippen LogP) is 0.973. The lowest BCUT2D eigenvalue weighted by molar-refractivity contribution is 0.439. The van der Waals surface area contributed by atoms with Crippen LogP contribution in [0.25, 0.3) is 0 Å². The predicted molar refractivity (Wildman–Crippen MR) is 61.1 cm³/mol. The maximum atomic E-state index is 4.35. The normalized spacial score (nSPS) is 18.1. The van der Waals surface area contributed by atoms with Gasteiger partial charge in [-0.05, 0) is 32.4 Å². The molecule has 0 atom stereocenters. The first-order chi connectivity index (χ1) is 7.29. The molecule has 0 aromatic carbocycles. The second-order valence-corrected chi connectivity index (χ2v) is 4.11. The van der Waals surface area contributed by atoms with Gasteiger partial charge < -0.3 is 10.2 Å². The van der Waals surface area contributed by atoms with Gasteiger partial charge in [0.1, 0.15) is 0 Å². The van der Waals surface area contributed by atoms with Crippen molar-refractivity contribution in [1.82, 2.24) is 15.3 Å². The van der Waals surface area contributed by atoms with Crippen LogP contribution in [0.2, 0.25) is 0 Å². The van der Waals surface area contributed by atoms with Crippen LogP contribution in [-0.2, 0) is 0 Å². The van der Waals surface area contributed by atoms with Crippen LogP contribution in [-0.4, -0.2) is 36.1 Å². The van der Waals surface area contributed by atoms with Gasteiger partial charge in [0.2, 0.25) is 5.95 Å². The van der Waals surface area contributed by atoms with Gasteiger partial charge in [0.25, 0.3) is 0 Å². The van der Waals surface area contributed by atoms with Crippen LogP contribution in [0.1, 0.15) is 18.4 Å². The highest BCUT2D eigenvalue weighted by atomic mass is 15.3. The number of rotatable bonds is 2. The molecular weight excluding hydrogens is 188 g/mol. The minimum absolute atomic E-state index is 0.659. The summed E-state index contributed by atoms with van der Waals surface area (Å²) in [4.78, 5) is 11.0. The number of piperidine rings is 1. The zero-order valence-electron chi connectivity index (χ0n) is 9.40. The summed E-state index contributed by atoms with van der Waals surface area (Å²) in [5, 5.41) is 3.32. The first-order valence-corrected chi connectivity index (χ1v) is 5.50. The van der Waals surface area contributed by atoms with Crippen molar-refractivity contribution in [2.24, 2.45) is 0 Å². The quantitative estimate of drug-likeness (QED) is 0.783. The van der Waals surface area contributed by atoms with E-state index < -0.39 is 0 Å². The summed E-state index contributed by atoms with van der Waals surface area (Å²) in [5.74, 6) is 0.871. The Bertz CT molecular complexity index is 301. The van der Waals surface area contributed by atoms with Gasteiger partial charge in [0.05, 0.1) is 0 Å². The van der Waals surface area contributed by atoms with Gasteiger partial charge in [-0.15, -0.1) is 0 Å². The number of hydrogen-bond acceptors (Lipinski definition) is 4. The zero-order chi connectivity index (χ0) is 10.7. The van der Waals surface area contributed by atoms with Crippen molar-refractivity contribution in [2.75, 3.05) is 25.0 Å². The molecule has 4 heteroatoms. The molecule has 0 saturated carbocycles. The van der Waals surface area contributed by atoms with E-state index in [1.54, 1.807) is 0 Å². The van der Waals surface area contributed by atoms with Crippen molar-refractivity contribution in [3.63, 3.8) is 0 Å². The Morgan fingerprint density at radius 2 is 1.87 bits per heavy atom. The summed E-state index contributed by atoms with van der Waals surface area (Å²) in [5.41, 5.74) is 1.11. The molecule has 4 nitrogen and oxygen atoms in total. The minimum Gasteiger partial charge on any atom is -0.341 e. The van der Waals surface area contributed by atoms with Gasteiger partial charge in [0.15, 0.2) is 0 Å². The zero-order valence-corrected chi connectivity index (χ0v) is 9.40. The highest BCUT2D eigenvalue weighted by Gasteiger charge is 2.19. The van der Waals surface area contributed by atoms with Crippen molar-refractivity contribution in [3.05, 3.63) is 18.0 Å². The number of nitrogens with one attached hydrogen (secondary N) is 1. The molecule has 0 radical (unpaired) electrons. The van der Waals surface area contributed by atoms with Crippen LogP contribution in [0.5, 0.6) is 0 Å². The third-order valence-corrected chi connectivity index (χ3v) is 2.95. The third-order valence-electron chi connectivity index (χ3n) is 2.95. The number of nitrogens with zero attached hydrogens (tertiary/aromatic N) is 3. The molecule has 1 aromatic rings. The molecule has 1 aliphatic rings. The molecule has 0 unspecified atom stereocenters. The Morgan fingerprint density at radius 3 is 2.40 bits per heavy atom. The van der Waals surface area contributed by atoms with Gasteiger partial charge in [-0.3, -0.25) is 0 Å². The molecule has 15 heavy (non-hydrogen) atoms. The molecule has 2 heterocycles. The first-order valence-electron chi connectivity index (χ1n) is 5.50. The van der Waals surface area contributed by atoms with E-state index in [1.807, 2.05) is 26.4 Å². The van der Waals surface area contributed by atoms with E-state index in [0.29, 0.717) is 6.04 Å². The first kappa shape index (κ1) is 10.4. The third kappa shape index (κ3) is 2.45. The van der Waals surface area contributed by atoms with E-state index in [9.17, 15) is 0 Å². The average Bonchev–Trinajstić information content (AvgIpc) is 2.30. The highest BCUT2D eigenvalue weighted by molar-refractivity contribution is 5.30. The van der Waals surface area contributed by atoms with Crippen molar-refractivity contribution in [2.45, 2.75) is 25.8 Å². The monoisotopic (exact) mass is 206 g/mol. The number of aryl methyl sites for hydroxylation is 1. The second-order valence-electron chi connectivity index (χ2n) is 4.11. The summed E-state index contributed by atoms with van der Waals surface area (Å²) in [7, 11) is 2.03. The summed E-state index contributed by atoms with van der Waals surface area (Å²) in [6, 6.07) is 0.659. The van der Waals surface area contributed by atoms with Gasteiger partial charge in [0, 0.05) is 31.5 Å². The SMILES string of the molecule is CNC1CCN(c2ncc(C)cn2)CC1. The Kier molecular flexibility index (Phi) is 3.16. The molecule has 1 aromatic heterocycles. The molecule has 82 valence electrons. The summed E-state index contributed by atoms with van der Waals surface area (Å²) >= 11 is 0. The van der Waals surface area contributed by atoms with Crippen LogP contribution < -0.4 is 10.2 Å². The summed E-state index contributed by atoms with van der Waals surface area (Å²) < 4.78 is 0. The highest BCUT2D eigenvalue weighted by Crippen LogP contribution is 2.15. The Labute approximate surface area is 90.7 Å². The van der Waals surface area contributed by atoms with Crippen LogP contribution in [0.15, 0.2) is 12.4 Å². The fraction of sp³-hybridized carbons (Fsp3) is 0.636. The smallest absolute Gasteiger partial charge is 0.225 e. The van der Waals surface area contributed by atoms with Crippen molar-refractivity contribution >= 4 is 5.95 Å². The fourth-order valence-electron chi connectivity index (χ4n) is 1.92. The largest absolute Gasteiger partial charge is 0.341 e. The average molecular weight is 206 g/mol. The lowest BCUT2D eigenvalue weighted by Crippen LogP contribution is -2.41. The molecule has 2 rings (SSSR count). The van der Waals surface area contributed by atoms with Crippen molar-refractivity contribution in [1.29, 1.82) is 0 Å². The van der Waals surface area contributed by atoms with E-state index in [1.165, 1.54) is 12.8 Å². The molecule has 1 fully saturated rings. The molecule has 0 aliphatic carbocycles. The number of aromatic nitrogens is 2. The molecule has 1 aliphatic heterocycles. The molecule has 0 amide bonds. The van der Waals surface area contributed by atoms with E-state index in [0.717, 1.165) is 24.6 Å². The second kappa shape index (κ2) is 4.57. The van der Waals surface area contributed by atoms with Crippen LogP contribution >= 0.6 is 0 Å². The van der Waals surface area contributed by atoms with Crippen molar-refractivity contribution < 1.29 is 0 Å². The standard InChI is InChI=1S/C11H18N4/c1-9-7-13-11(14-8-9)15-5-3-10(12-2)4-6-15/h7-8,10,12H,3-6H2,1-2H3. The summed E-state index contributed by atoms with van der Waals surface area (Å²) in [6.07, 6.45) is 6.11. The lowest BCUT2D eigenvalue weighted by Gasteiger charge is -2.31. The molecule has 0 bridgehead atoms. The summed E-state index contributed by atoms with van der Waals surface area (Å²) in [6.45, 7) is 4.11. The minimum atomic E-state index is 0.659. The van der Waals surface area contributed by atoms with Crippen LogP contribution in [0.4, 0.5) is 5.95 Å². The van der Waals surface area contributed by atoms with E-state index in [-0.39, 0.29) is 0 Å². The topological polar surface area (TPSA) is 41.0 Å². The number of hydrogen-bond donors (Lipinski definition) is 1. The molecule has 1 saturated heterocycles. The van der Waals surface area contributed by atoms with Crippen molar-refractivity contribution in [3.8, 4) is 0 Å². The van der Waals surface area contributed by atoms with Crippen LogP contribution in [0.3, 0.4) is 0 Å². The maximum Gasteiger partial charge on any atom is 0.225 e. The maximum absolute atomic E-state index is 4.35. The molecular formula is C11H18N4. The lowest BCUT2D eigenvalue weighted by atomic mass is 10.1. The Morgan fingerprint density at radius 1 is 1.27 bits per heavy atom. The Hall–Kier alpha value is -1.16. The fourth-order valence-corrected chi connectivity index (χ4v) is 1.92. The van der Waals surface area contributed by atoms with Gasteiger partial charge in [-0.1, -0.05) is 0 Å². The number of anilines is 1. The van der Waals surface area contributed by atoms with Gasteiger partial charge in [-0.2, -0.15) is 0 Å².